The van der Waals surface area contributed by atoms with Gasteiger partial charge in [-0.05, 0) is 35.9 Å². The lowest BCUT2D eigenvalue weighted by Gasteiger charge is -2.03. The van der Waals surface area contributed by atoms with E-state index in [1.165, 1.54) is 12.1 Å². The second-order valence-electron chi connectivity index (χ2n) is 3.32. The zero-order valence-electron chi connectivity index (χ0n) is 8.79. The number of unbranched alkanes of at least 4 members (excludes halogenated alkanes) is 1. The fourth-order valence-electron chi connectivity index (χ4n) is 1.18. The highest BCUT2D eigenvalue weighted by Crippen LogP contribution is 2.18. The van der Waals surface area contributed by atoms with Crippen molar-refractivity contribution in [1.29, 1.82) is 5.26 Å². The van der Waals surface area contributed by atoms with Gasteiger partial charge in [0.1, 0.15) is 5.82 Å². The Balaban J connectivity index is 2.56. The minimum atomic E-state index is -0.210. The standard InChI is InChI=1S/C12H14FNS/c1-2-3-6-15-9-11-7-10(8-14)4-5-12(11)13/h4-5,7H,2-3,6,9H2,1H3. The van der Waals surface area contributed by atoms with Gasteiger partial charge in [-0.2, -0.15) is 17.0 Å². The van der Waals surface area contributed by atoms with Crippen molar-refractivity contribution < 1.29 is 4.39 Å². The lowest BCUT2D eigenvalue weighted by Crippen LogP contribution is -1.90. The average Bonchev–Trinajstić information content (AvgIpc) is 2.26. The molecule has 1 rings (SSSR count). The lowest BCUT2D eigenvalue weighted by molar-refractivity contribution is 0.617. The number of rotatable bonds is 5. The summed E-state index contributed by atoms with van der Waals surface area (Å²) in [4.78, 5) is 0. The van der Waals surface area contributed by atoms with Crippen molar-refractivity contribution in [3.63, 3.8) is 0 Å². The highest BCUT2D eigenvalue weighted by Gasteiger charge is 2.03. The van der Waals surface area contributed by atoms with Crippen molar-refractivity contribution >= 4 is 11.8 Å². The minimum absolute atomic E-state index is 0.210. The van der Waals surface area contributed by atoms with Crippen molar-refractivity contribution in [2.75, 3.05) is 5.75 Å². The van der Waals surface area contributed by atoms with E-state index >= 15 is 0 Å². The third-order valence-corrected chi connectivity index (χ3v) is 3.17. The molecule has 0 aliphatic heterocycles. The number of nitriles is 1. The summed E-state index contributed by atoms with van der Waals surface area (Å²) in [7, 11) is 0. The summed E-state index contributed by atoms with van der Waals surface area (Å²) >= 11 is 1.71. The SMILES string of the molecule is CCCCSCc1cc(C#N)ccc1F. The average molecular weight is 223 g/mol. The van der Waals surface area contributed by atoms with E-state index in [-0.39, 0.29) is 5.82 Å². The zero-order chi connectivity index (χ0) is 11.1. The molecule has 0 heterocycles. The Labute approximate surface area is 94.3 Å². The van der Waals surface area contributed by atoms with E-state index in [0.717, 1.165) is 18.6 Å². The Hall–Kier alpha value is -1.01. The summed E-state index contributed by atoms with van der Waals surface area (Å²) in [5.74, 6) is 1.49. The molecule has 0 saturated heterocycles. The normalized spacial score (nSPS) is 9.93. The van der Waals surface area contributed by atoms with Crippen LogP contribution in [0.2, 0.25) is 0 Å². The van der Waals surface area contributed by atoms with Crippen LogP contribution in [0.3, 0.4) is 0 Å². The van der Waals surface area contributed by atoms with Gasteiger partial charge in [-0.15, -0.1) is 0 Å². The molecule has 0 amide bonds. The molecule has 0 N–H and O–H groups in total. The molecule has 1 aromatic carbocycles. The zero-order valence-corrected chi connectivity index (χ0v) is 9.61. The van der Waals surface area contributed by atoms with Crippen LogP contribution < -0.4 is 0 Å². The molecular formula is C12H14FNS. The Morgan fingerprint density at radius 3 is 2.93 bits per heavy atom. The smallest absolute Gasteiger partial charge is 0.127 e. The molecule has 0 aromatic heterocycles. The first kappa shape index (κ1) is 12.1. The Kier molecular flexibility index (Phi) is 5.20. The predicted octanol–water partition coefficient (Wildman–Crippen LogP) is 3.73. The van der Waals surface area contributed by atoms with Crippen LogP contribution in [0.4, 0.5) is 4.39 Å². The Morgan fingerprint density at radius 1 is 1.47 bits per heavy atom. The van der Waals surface area contributed by atoms with Crippen LogP contribution in [-0.4, -0.2) is 5.75 Å². The van der Waals surface area contributed by atoms with E-state index in [1.807, 2.05) is 6.07 Å². The molecule has 15 heavy (non-hydrogen) atoms. The molecule has 0 aliphatic rings. The van der Waals surface area contributed by atoms with Crippen LogP contribution in [0.1, 0.15) is 30.9 Å². The maximum atomic E-state index is 13.3. The maximum absolute atomic E-state index is 13.3. The first-order valence-corrected chi connectivity index (χ1v) is 6.19. The van der Waals surface area contributed by atoms with Gasteiger partial charge in [-0.3, -0.25) is 0 Å². The Bertz CT molecular complexity index is 357. The van der Waals surface area contributed by atoms with Gasteiger partial charge in [0, 0.05) is 5.75 Å². The van der Waals surface area contributed by atoms with E-state index in [2.05, 4.69) is 6.92 Å². The predicted molar refractivity (Wildman–Crippen MR) is 62.2 cm³/mol. The summed E-state index contributed by atoms with van der Waals surface area (Å²) in [6, 6.07) is 6.53. The molecule has 80 valence electrons. The molecule has 0 aliphatic carbocycles. The highest BCUT2D eigenvalue weighted by atomic mass is 32.2. The van der Waals surface area contributed by atoms with Crippen LogP contribution in [0.5, 0.6) is 0 Å². The van der Waals surface area contributed by atoms with Crippen LogP contribution in [-0.2, 0) is 5.75 Å². The highest BCUT2D eigenvalue weighted by molar-refractivity contribution is 7.98. The van der Waals surface area contributed by atoms with Crippen molar-refractivity contribution in [3.05, 3.63) is 35.1 Å². The molecule has 1 aromatic rings. The molecule has 0 fully saturated rings. The van der Waals surface area contributed by atoms with Crippen molar-refractivity contribution in [3.8, 4) is 6.07 Å². The molecule has 0 saturated carbocycles. The fraction of sp³-hybridized carbons (Fsp3) is 0.417. The second-order valence-corrected chi connectivity index (χ2v) is 4.43. The van der Waals surface area contributed by atoms with E-state index in [1.54, 1.807) is 17.8 Å². The van der Waals surface area contributed by atoms with E-state index in [0.29, 0.717) is 16.9 Å². The number of hydrogen-bond acceptors (Lipinski definition) is 2. The minimum Gasteiger partial charge on any atom is -0.207 e. The summed E-state index contributed by atoms with van der Waals surface area (Å²) in [5, 5.41) is 8.68. The van der Waals surface area contributed by atoms with E-state index < -0.39 is 0 Å². The molecule has 0 unspecified atom stereocenters. The molecule has 3 heteroatoms. The summed E-state index contributed by atoms with van der Waals surface area (Å²) < 4.78 is 13.3. The van der Waals surface area contributed by atoms with Crippen molar-refractivity contribution in [2.24, 2.45) is 0 Å². The lowest BCUT2D eigenvalue weighted by atomic mass is 10.1. The van der Waals surface area contributed by atoms with Gasteiger partial charge in [-0.1, -0.05) is 13.3 Å². The van der Waals surface area contributed by atoms with Gasteiger partial charge < -0.3 is 0 Å². The second kappa shape index (κ2) is 6.47. The monoisotopic (exact) mass is 223 g/mol. The molecular weight excluding hydrogens is 209 g/mol. The van der Waals surface area contributed by atoms with Gasteiger partial charge in [0.2, 0.25) is 0 Å². The number of nitrogens with zero attached hydrogens (tertiary/aromatic N) is 1. The maximum Gasteiger partial charge on any atom is 0.127 e. The molecule has 0 atom stereocenters. The summed E-state index contributed by atoms with van der Waals surface area (Å²) in [5.41, 5.74) is 1.16. The summed E-state index contributed by atoms with van der Waals surface area (Å²) in [6.07, 6.45) is 2.32. The molecule has 0 radical (unpaired) electrons. The van der Waals surface area contributed by atoms with Gasteiger partial charge in [0.15, 0.2) is 0 Å². The van der Waals surface area contributed by atoms with Crippen molar-refractivity contribution in [2.45, 2.75) is 25.5 Å². The van der Waals surface area contributed by atoms with Gasteiger partial charge in [-0.25, -0.2) is 4.39 Å². The quantitative estimate of drug-likeness (QED) is 0.710. The van der Waals surface area contributed by atoms with E-state index in [9.17, 15) is 4.39 Å². The van der Waals surface area contributed by atoms with Crippen LogP contribution in [0, 0.1) is 17.1 Å². The third kappa shape index (κ3) is 3.93. The molecule has 1 nitrogen and oxygen atoms in total. The van der Waals surface area contributed by atoms with Gasteiger partial charge >= 0.3 is 0 Å². The number of halogens is 1. The number of hydrogen-bond donors (Lipinski definition) is 0. The van der Waals surface area contributed by atoms with Crippen LogP contribution >= 0.6 is 11.8 Å². The summed E-state index contributed by atoms with van der Waals surface area (Å²) in [6.45, 7) is 2.14. The van der Waals surface area contributed by atoms with Gasteiger partial charge in [0.25, 0.3) is 0 Å². The Morgan fingerprint density at radius 2 is 2.27 bits per heavy atom. The van der Waals surface area contributed by atoms with Crippen molar-refractivity contribution in [1.82, 2.24) is 0 Å². The topological polar surface area (TPSA) is 23.8 Å². The van der Waals surface area contributed by atoms with Crippen LogP contribution in [0.25, 0.3) is 0 Å². The molecule has 0 bridgehead atoms. The van der Waals surface area contributed by atoms with Gasteiger partial charge in [0.05, 0.1) is 11.6 Å². The fourth-order valence-corrected chi connectivity index (χ4v) is 2.26. The largest absolute Gasteiger partial charge is 0.207 e. The first-order chi connectivity index (χ1) is 7.27. The first-order valence-electron chi connectivity index (χ1n) is 5.04. The third-order valence-electron chi connectivity index (χ3n) is 2.07. The van der Waals surface area contributed by atoms with Crippen LogP contribution in [0.15, 0.2) is 18.2 Å². The van der Waals surface area contributed by atoms with E-state index in [4.69, 9.17) is 5.26 Å². The number of benzene rings is 1. The molecule has 0 spiro atoms. The number of thioether (sulfide) groups is 1.